The van der Waals surface area contributed by atoms with Gasteiger partial charge < -0.3 is 9.26 Å². The van der Waals surface area contributed by atoms with Crippen molar-refractivity contribution < 1.29 is 22.1 Å². The molecule has 0 radical (unpaired) electrons. The molecule has 36 heavy (non-hydrogen) atoms. The van der Waals surface area contributed by atoms with E-state index in [1.807, 2.05) is 0 Å². The SMILES string of the molecule is COc1nc(-c2ccc(F)cc2)c(Cl)cc1-n1c(=O)ccc2cc(S(=O)(=O)Nc3ccon3)ccc21. The third-order valence-electron chi connectivity index (χ3n) is 5.33. The number of benzene rings is 2. The number of ether oxygens (including phenoxy) is 1. The molecule has 3 heterocycles. The summed E-state index contributed by atoms with van der Waals surface area (Å²) in [7, 11) is -2.57. The topological polar surface area (TPSA) is 116 Å². The minimum absolute atomic E-state index is 0.0340. The highest BCUT2D eigenvalue weighted by Gasteiger charge is 2.20. The van der Waals surface area contributed by atoms with Gasteiger partial charge in [0.05, 0.1) is 28.2 Å². The van der Waals surface area contributed by atoms with Crippen LogP contribution >= 0.6 is 11.6 Å². The van der Waals surface area contributed by atoms with Crippen molar-refractivity contribution in [1.82, 2.24) is 14.7 Å². The van der Waals surface area contributed by atoms with Crippen LogP contribution in [-0.2, 0) is 10.0 Å². The molecule has 0 amide bonds. The van der Waals surface area contributed by atoms with Crippen molar-refractivity contribution in [3.05, 3.63) is 94.2 Å². The lowest BCUT2D eigenvalue weighted by atomic mass is 10.1. The Labute approximate surface area is 208 Å². The molecule has 0 aliphatic heterocycles. The second kappa shape index (κ2) is 9.10. The van der Waals surface area contributed by atoms with Gasteiger partial charge in [-0.05, 0) is 54.6 Å². The largest absolute Gasteiger partial charge is 0.479 e. The van der Waals surface area contributed by atoms with Crippen LogP contribution in [0.3, 0.4) is 0 Å². The Bertz CT molecular complexity index is 1750. The number of nitrogens with zero attached hydrogens (tertiary/aromatic N) is 3. The quantitative estimate of drug-likeness (QED) is 0.342. The fourth-order valence-corrected chi connectivity index (χ4v) is 4.97. The maximum atomic E-state index is 13.4. The Kier molecular flexibility index (Phi) is 5.94. The molecule has 0 saturated heterocycles. The van der Waals surface area contributed by atoms with Crippen LogP contribution in [0.5, 0.6) is 5.88 Å². The van der Waals surface area contributed by atoms with E-state index in [1.165, 1.54) is 84.7 Å². The van der Waals surface area contributed by atoms with E-state index in [0.717, 1.165) is 0 Å². The molecular weight excluding hydrogens is 511 g/mol. The zero-order chi connectivity index (χ0) is 25.4. The van der Waals surface area contributed by atoms with Gasteiger partial charge in [-0.2, -0.15) is 0 Å². The van der Waals surface area contributed by atoms with Gasteiger partial charge in [0, 0.05) is 23.1 Å². The highest BCUT2D eigenvalue weighted by atomic mass is 35.5. The number of fused-ring (bicyclic) bond motifs is 1. The number of hydrogen-bond acceptors (Lipinski definition) is 7. The van der Waals surface area contributed by atoms with Gasteiger partial charge in [0.25, 0.3) is 15.6 Å². The smallest absolute Gasteiger partial charge is 0.263 e. The molecule has 0 bridgehead atoms. The second-order valence-electron chi connectivity index (χ2n) is 7.57. The number of hydrogen-bond donors (Lipinski definition) is 1. The lowest BCUT2D eigenvalue weighted by molar-refractivity contribution is 0.396. The Hall–Kier alpha value is -4.22. The van der Waals surface area contributed by atoms with Crippen LogP contribution in [0.1, 0.15) is 0 Å². The minimum atomic E-state index is -3.97. The molecular formula is C24H16ClFN4O5S. The number of nitrogens with one attached hydrogen (secondary N) is 1. The summed E-state index contributed by atoms with van der Waals surface area (Å²) in [6.07, 6.45) is 1.24. The van der Waals surface area contributed by atoms with E-state index in [-0.39, 0.29) is 27.3 Å². The number of pyridine rings is 2. The molecule has 0 atom stereocenters. The van der Waals surface area contributed by atoms with Crippen molar-refractivity contribution in [1.29, 1.82) is 0 Å². The van der Waals surface area contributed by atoms with Crippen LogP contribution in [0.15, 0.2) is 87.2 Å². The summed E-state index contributed by atoms with van der Waals surface area (Å²) in [6, 6.07) is 15.6. The number of anilines is 1. The van der Waals surface area contributed by atoms with Gasteiger partial charge in [0.1, 0.15) is 17.8 Å². The summed E-state index contributed by atoms with van der Waals surface area (Å²) in [5.41, 5.74) is 1.14. The van der Waals surface area contributed by atoms with E-state index in [4.69, 9.17) is 16.3 Å². The molecule has 5 rings (SSSR count). The van der Waals surface area contributed by atoms with Crippen molar-refractivity contribution in [3.8, 4) is 22.8 Å². The molecule has 1 N–H and O–H groups in total. The predicted molar refractivity (Wildman–Crippen MR) is 132 cm³/mol. The third-order valence-corrected chi connectivity index (χ3v) is 6.97. The van der Waals surface area contributed by atoms with Crippen molar-refractivity contribution in [2.45, 2.75) is 4.90 Å². The summed E-state index contributed by atoms with van der Waals surface area (Å²) in [4.78, 5) is 17.4. The molecule has 2 aromatic carbocycles. The first-order valence-corrected chi connectivity index (χ1v) is 12.2. The van der Waals surface area contributed by atoms with E-state index >= 15 is 0 Å². The molecule has 9 nitrogen and oxygen atoms in total. The van der Waals surface area contributed by atoms with Crippen molar-refractivity contribution in [2.24, 2.45) is 0 Å². The summed E-state index contributed by atoms with van der Waals surface area (Å²) in [5.74, 6) is -0.275. The molecule has 182 valence electrons. The van der Waals surface area contributed by atoms with Crippen LogP contribution in [0.2, 0.25) is 5.02 Å². The van der Waals surface area contributed by atoms with Gasteiger partial charge in [0.2, 0.25) is 5.88 Å². The van der Waals surface area contributed by atoms with E-state index in [0.29, 0.717) is 22.2 Å². The number of rotatable bonds is 6. The molecule has 5 aromatic rings. The molecule has 0 aliphatic carbocycles. The van der Waals surface area contributed by atoms with Crippen molar-refractivity contribution in [2.75, 3.05) is 11.8 Å². The van der Waals surface area contributed by atoms with Crippen molar-refractivity contribution >= 4 is 38.3 Å². The first-order valence-electron chi connectivity index (χ1n) is 10.4. The monoisotopic (exact) mass is 526 g/mol. The zero-order valence-electron chi connectivity index (χ0n) is 18.5. The molecule has 0 aliphatic rings. The minimum Gasteiger partial charge on any atom is -0.479 e. The lowest BCUT2D eigenvalue weighted by Crippen LogP contribution is -2.19. The average molecular weight is 527 g/mol. The molecule has 0 spiro atoms. The van der Waals surface area contributed by atoms with Crippen molar-refractivity contribution in [3.63, 3.8) is 0 Å². The normalized spacial score (nSPS) is 11.5. The van der Waals surface area contributed by atoms with E-state index < -0.39 is 21.4 Å². The van der Waals surface area contributed by atoms with E-state index in [9.17, 15) is 17.6 Å². The average Bonchev–Trinajstić information content (AvgIpc) is 3.36. The van der Waals surface area contributed by atoms with Gasteiger partial charge in [-0.15, -0.1) is 0 Å². The molecule has 0 fully saturated rings. The highest BCUT2D eigenvalue weighted by molar-refractivity contribution is 7.92. The van der Waals surface area contributed by atoms with Gasteiger partial charge in [0.15, 0.2) is 5.82 Å². The summed E-state index contributed by atoms with van der Waals surface area (Å²) >= 11 is 6.51. The maximum Gasteiger partial charge on any atom is 0.263 e. The molecule has 0 saturated carbocycles. The van der Waals surface area contributed by atoms with Crippen LogP contribution in [0.4, 0.5) is 10.2 Å². The summed E-state index contributed by atoms with van der Waals surface area (Å²) in [5, 5.41) is 4.22. The number of aromatic nitrogens is 3. The first kappa shape index (κ1) is 23.5. The van der Waals surface area contributed by atoms with E-state index in [2.05, 4.69) is 19.4 Å². The predicted octanol–water partition coefficient (Wildman–Crippen LogP) is 4.64. The molecule has 0 unspecified atom stereocenters. The maximum absolute atomic E-state index is 13.4. The Balaban J connectivity index is 1.64. The second-order valence-corrected chi connectivity index (χ2v) is 9.66. The molecule has 3 aromatic heterocycles. The van der Waals surface area contributed by atoms with Gasteiger partial charge in [-0.25, -0.2) is 17.8 Å². The fourth-order valence-electron chi connectivity index (χ4n) is 3.68. The summed E-state index contributed by atoms with van der Waals surface area (Å²) in [6.45, 7) is 0. The van der Waals surface area contributed by atoms with E-state index in [1.54, 1.807) is 0 Å². The molecule has 12 heteroatoms. The van der Waals surface area contributed by atoms with Crippen LogP contribution in [0, 0.1) is 5.82 Å². The fraction of sp³-hybridized carbons (Fsp3) is 0.0417. The zero-order valence-corrected chi connectivity index (χ0v) is 20.0. The highest BCUT2D eigenvalue weighted by Crippen LogP contribution is 2.34. The van der Waals surface area contributed by atoms with Gasteiger partial charge >= 0.3 is 0 Å². The van der Waals surface area contributed by atoms with Crippen LogP contribution < -0.4 is 15.0 Å². The van der Waals surface area contributed by atoms with Gasteiger partial charge in [-0.1, -0.05) is 16.8 Å². The number of methoxy groups -OCH3 is 1. The lowest BCUT2D eigenvalue weighted by Gasteiger charge is -2.16. The Morgan fingerprint density at radius 1 is 1.06 bits per heavy atom. The number of halogens is 2. The Morgan fingerprint density at radius 2 is 1.83 bits per heavy atom. The third kappa shape index (κ3) is 4.30. The van der Waals surface area contributed by atoms with Gasteiger partial charge in [-0.3, -0.25) is 14.1 Å². The van der Waals surface area contributed by atoms with Crippen LogP contribution in [-0.4, -0.2) is 30.2 Å². The first-order chi connectivity index (χ1) is 17.3. The van der Waals surface area contributed by atoms with Crippen LogP contribution in [0.25, 0.3) is 27.8 Å². The standard InChI is InChI=1S/C24H16ClFN4O5S/c1-34-24-20(13-18(25)23(27-24)14-2-5-16(26)6-3-14)30-19-8-7-17(12-15(19)4-9-22(30)31)36(32,33)29-21-10-11-35-28-21/h2-13H,1H3,(H,28,29). The summed E-state index contributed by atoms with van der Waals surface area (Å²) < 4.78 is 52.7. The number of sulfonamides is 1. The Morgan fingerprint density at radius 3 is 2.53 bits per heavy atom.